The summed E-state index contributed by atoms with van der Waals surface area (Å²) in [5, 5.41) is 2.73. The van der Waals surface area contributed by atoms with E-state index in [2.05, 4.69) is 17.4 Å². The van der Waals surface area contributed by atoms with Crippen LogP contribution in [0.5, 0.6) is 0 Å². The van der Waals surface area contributed by atoms with Crippen LogP contribution in [0.25, 0.3) is 0 Å². The number of hydrogen-bond donors (Lipinski definition) is 2. The van der Waals surface area contributed by atoms with E-state index in [1.165, 1.54) is 5.56 Å². The maximum atomic E-state index is 11.7. The van der Waals surface area contributed by atoms with Gasteiger partial charge in [-0.2, -0.15) is 11.8 Å². The van der Waals surface area contributed by atoms with Crippen molar-refractivity contribution < 1.29 is 14.3 Å². The first-order chi connectivity index (χ1) is 11.6. The lowest BCUT2D eigenvalue weighted by Gasteiger charge is -2.07. The van der Waals surface area contributed by atoms with Gasteiger partial charge in [0.15, 0.2) is 6.61 Å². The Hall–Kier alpha value is -2.47. The number of hydrogen-bond acceptors (Lipinski definition) is 5. The second-order valence-corrected chi connectivity index (χ2v) is 6.19. The standard InChI is InChI=1S/C18H20N2O3S/c19-16-8-6-15(7-9-16)18(22)23-12-17(21)20-10-11-24-13-14-4-2-1-3-5-14/h1-9H,10-13,19H2,(H,20,21). The van der Waals surface area contributed by atoms with Crippen LogP contribution in [0.2, 0.25) is 0 Å². The number of amides is 1. The van der Waals surface area contributed by atoms with Gasteiger partial charge in [-0.05, 0) is 29.8 Å². The van der Waals surface area contributed by atoms with E-state index >= 15 is 0 Å². The molecule has 1 amide bonds. The molecule has 3 N–H and O–H groups in total. The summed E-state index contributed by atoms with van der Waals surface area (Å²) in [5.74, 6) is 0.859. The maximum Gasteiger partial charge on any atom is 0.338 e. The summed E-state index contributed by atoms with van der Waals surface area (Å²) in [5.41, 5.74) is 7.74. The van der Waals surface area contributed by atoms with Crippen molar-refractivity contribution in [1.29, 1.82) is 0 Å². The van der Waals surface area contributed by atoms with Crippen LogP contribution in [-0.4, -0.2) is 30.8 Å². The predicted octanol–water partition coefficient (Wildman–Crippen LogP) is 2.48. The number of ether oxygens (including phenoxy) is 1. The molecule has 24 heavy (non-hydrogen) atoms. The molecule has 0 aliphatic heterocycles. The third kappa shape index (κ3) is 6.34. The van der Waals surface area contributed by atoms with E-state index in [9.17, 15) is 9.59 Å². The lowest BCUT2D eigenvalue weighted by Crippen LogP contribution is -2.30. The van der Waals surface area contributed by atoms with Crippen molar-refractivity contribution in [2.24, 2.45) is 0 Å². The predicted molar refractivity (Wildman–Crippen MR) is 96.8 cm³/mol. The van der Waals surface area contributed by atoms with Crippen molar-refractivity contribution in [2.45, 2.75) is 5.75 Å². The molecular weight excluding hydrogens is 324 g/mol. The average Bonchev–Trinajstić information content (AvgIpc) is 2.61. The normalized spacial score (nSPS) is 10.2. The second kappa shape index (κ2) is 9.62. The Balaban J connectivity index is 1.58. The van der Waals surface area contributed by atoms with Gasteiger partial charge in [0.25, 0.3) is 5.91 Å². The SMILES string of the molecule is Nc1ccc(C(=O)OCC(=O)NCCSCc2ccccc2)cc1. The maximum absolute atomic E-state index is 11.7. The number of thioether (sulfide) groups is 1. The van der Waals surface area contributed by atoms with Crippen molar-refractivity contribution in [3.05, 3.63) is 65.7 Å². The highest BCUT2D eigenvalue weighted by Gasteiger charge is 2.09. The Labute approximate surface area is 145 Å². The molecule has 0 aliphatic rings. The van der Waals surface area contributed by atoms with Gasteiger partial charge in [-0.1, -0.05) is 30.3 Å². The van der Waals surface area contributed by atoms with Crippen molar-refractivity contribution in [1.82, 2.24) is 5.32 Å². The molecule has 2 aromatic rings. The van der Waals surface area contributed by atoms with Crippen molar-refractivity contribution >= 4 is 29.3 Å². The highest BCUT2D eigenvalue weighted by atomic mass is 32.2. The summed E-state index contributed by atoms with van der Waals surface area (Å²) in [4.78, 5) is 23.4. The molecule has 0 aromatic heterocycles. The molecule has 6 heteroatoms. The number of rotatable bonds is 8. The summed E-state index contributed by atoms with van der Waals surface area (Å²) in [6, 6.07) is 16.5. The minimum absolute atomic E-state index is 0.285. The van der Waals surface area contributed by atoms with Gasteiger partial charge in [0.2, 0.25) is 0 Å². The summed E-state index contributed by atoms with van der Waals surface area (Å²) in [6.45, 7) is 0.252. The summed E-state index contributed by atoms with van der Waals surface area (Å²) in [7, 11) is 0. The second-order valence-electron chi connectivity index (χ2n) is 5.09. The molecular formula is C18H20N2O3S. The number of nitrogen functional groups attached to an aromatic ring is 1. The first-order valence-electron chi connectivity index (χ1n) is 7.56. The highest BCUT2D eigenvalue weighted by Crippen LogP contribution is 2.10. The number of anilines is 1. The molecule has 5 nitrogen and oxygen atoms in total. The number of benzene rings is 2. The molecule has 2 aromatic carbocycles. The Kier molecular flexibility index (Phi) is 7.17. The zero-order valence-corrected chi connectivity index (χ0v) is 14.1. The van der Waals surface area contributed by atoms with Crippen molar-refractivity contribution in [2.75, 3.05) is 24.6 Å². The molecule has 0 radical (unpaired) electrons. The first-order valence-corrected chi connectivity index (χ1v) is 8.71. The monoisotopic (exact) mass is 344 g/mol. The van der Waals surface area contributed by atoms with Gasteiger partial charge in [0, 0.05) is 23.7 Å². The lowest BCUT2D eigenvalue weighted by atomic mass is 10.2. The fraction of sp³-hybridized carbons (Fsp3) is 0.222. The molecule has 126 valence electrons. The Bertz CT molecular complexity index is 660. The molecule has 0 bridgehead atoms. The minimum atomic E-state index is -0.538. The number of nitrogens with one attached hydrogen (secondary N) is 1. The van der Waals surface area contributed by atoms with E-state index in [0.29, 0.717) is 17.8 Å². The zero-order valence-electron chi connectivity index (χ0n) is 13.2. The van der Waals surface area contributed by atoms with E-state index in [4.69, 9.17) is 10.5 Å². The molecule has 0 heterocycles. The van der Waals surface area contributed by atoms with Crippen LogP contribution in [0, 0.1) is 0 Å². The first kappa shape index (κ1) is 17.9. The topological polar surface area (TPSA) is 81.4 Å². The fourth-order valence-corrected chi connectivity index (χ4v) is 2.73. The highest BCUT2D eigenvalue weighted by molar-refractivity contribution is 7.98. The van der Waals surface area contributed by atoms with Gasteiger partial charge >= 0.3 is 5.97 Å². The summed E-state index contributed by atoms with van der Waals surface area (Å²) >= 11 is 1.74. The molecule has 2 rings (SSSR count). The molecule has 0 saturated heterocycles. The molecule has 0 fully saturated rings. The third-order valence-electron chi connectivity index (χ3n) is 3.16. The quantitative estimate of drug-likeness (QED) is 0.437. The Morgan fingerprint density at radius 2 is 1.75 bits per heavy atom. The zero-order chi connectivity index (χ0) is 17.2. The average molecular weight is 344 g/mol. The van der Waals surface area contributed by atoms with E-state index in [1.807, 2.05) is 18.2 Å². The van der Waals surface area contributed by atoms with Crippen molar-refractivity contribution in [3.8, 4) is 0 Å². The Morgan fingerprint density at radius 3 is 2.46 bits per heavy atom. The van der Waals surface area contributed by atoms with Crippen LogP contribution in [0.4, 0.5) is 5.69 Å². The van der Waals surface area contributed by atoms with Gasteiger partial charge in [-0.3, -0.25) is 4.79 Å². The molecule has 0 saturated carbocycles. The Morgan fingerprint density at radius 1 is 1.04 bits per heavy atom. The molecule has 0 aliphatic carbocycles. The molecule has 0 unspecified atom stereocenters. The number of carbonyl (C=O) groups is 2. The fourth-order valence-electron chi connectivity index (χ4n) is 1.91. The lowest BCUT2D eigenvalue weighted by molar-refractivity contribution is -0.124. The van der Waals surface area contributed by atoms with Gasteiger partial charge in [-0.25, -0.2) is 4.79 Å². The third-order valence-corrected chi connectivity index (χ3v) is 4.19. The minimum Gasteiger partial charge on any atom is -0.452 e. The van der Waals surface area contributed by atoms with Crippen LogP contribution in [-0.2, 0) is 15.3 Å². The van der Waals surface area contributed by atoms with Gasteiger partial charge in [-0.15, -0.1) is 0 Å². The summed E-state index contributed by atoms with van der Waals surface area (Å²) < 4.78 is 4.96. The van der Waals surface area contributed by atoms with Crippen LogP contribution in [0.15, 0.2) is 54.6 Å². The largest absolute Gasteiger partial charge is 0.452 e. The van der Waals surface area contributed by atoms with Gasteiger partial charge in [0.1, 0.15) is 0 Å². The van der Waals surface area contributed by atoms with Crippen LogP contribution >= 0.6 is 11.8 Å². The van der Waals surface area contributed by atoms with Gasteiger partial charge < -0.3 is 15.8 Å². The molecule has 0 atom stereocenters. The van der Waals surface area contributed by atoms with Crippen LogP contribution in [0.3, 0.4) is 0 Å². The van der Waals surface area contributed by atoms with E-state index in [0.717, 1.165) is 11.5 Å². The summed E-state index contributed by atoms with van der Waals surface area (Å²) in [6.07, 6.45) is 0. The van der Waals surface area contributed by atoms with E-state index < -0.39 is 5.97 Å². The number of carbonyl (C=O) groups excluding carboxylic acids is 2. The van der Waals surface area contributed by atoms with Crippen LogP contribution < -0.4 is 11.1 Å². The number of nitrogens with two attached hydrogens (primary N) is 1. The van der Waals surface area contributed by atoms with Crippen molar-refractivity contribution in [3.63, 3.8) is 0 Å². The van der Waals surface area contributed by atoms with E-state index in [-0.39, 0.29) is 12.5 Å². The smallest absolute Gasteiger partial charge is 0.338 e. The molecule has 0 spiro atoms. The van der Waals surface area contributed by atoms with Gasteiger partial charge in [0.05, 0.1) is 5.56 Å². The van der Waals surface area contributed by atoms with E-state index in [1.54, 1.807) is 36.0 Å². The number of esters is 1. The van der Waals surface area contributed by atoms with Crippen LogP contribution in [0.1, 0.15) is 15.9 Å².